The summed E-state index contributed by atoms with van der Waals surface area (Å²) >= 11 is 0. The lowest BCUT2D eigenvalue weighted by Gasteiger charge is -2.63. The first-order valence-corrected chi connectivity index (χ1v) is 15.9. The third kappa shape index (κ3) is 4.93. The van der Waals surface area contributed by atoms with Gasteiger partial charge in [-0.15, -0.1) is 0 Å². The van der Waals surface area contributed by atoms with Crippen molar-refractivity contribution in [1.29, 1.82) is 0 Å². The Labute approximate surface area is 250 Å². The van der Waals surface area contributed by atoms with Gasteiger partial charge >= 0.3 is 17.9 Å². The van der Waals surface area contributed by atoms with Gasteiger partial charge in [0.15, 0.2) is 0 Å². The SMILES string of the molecule is C[C@H](CC(=O)[C@H](C)[C@@H](C)C(=O)O)[C@H]1CC[C@@]2(C)C3=C(C[C@@H](O)[C@]12C)[C@@]1(C)CC[C@@H](OC(=O)CC(=O)O)C(C)(C)[C@@H]1CC3. The van der Waals surface area contributed by atoms with Crippen molar-refractivity contribution in [1.82, 2.24) is 0 Å². The molecule has 0 spiro atoms. The fraction of sp³-hybridized carbons (Fsp3) is 0.824. The first-order chi connectivity index (χ1) is 19.3. The van der Waals surface area contributed by atoms with E-state index >= 15 is 0 Å². The lowest BCUT2D eigenvalue weighted by molar-refractivity contribution is -0.173. The second kappa shape index (κ2) is 11.0. The number of rotatable bonds is 9. The summed E-state index contributed by atoms with van der Waals surface area (Å²) in [6.45, 7) is 16.5. The molecule has 0 radical (unpaired) electrons. The molecule has 0 bridgehead atoms. The van der Waals surface area contributed by atoms with E-state index in [2.05, 4.69) is 41.5 Å². The fourth-order valence-electron chi connectivity index (χ4n) is 10.3. The molecule has 0 aliphatic heterocycles. The average molecular weight is 589 g/mol. The highest BCUT2D eigenvalue weighted by Gasteiger charge is 2.66. The Hall–Kier alpha value is -2.22. The van der Waals surface area contributed by atoms with Crippen LogP contribution in [-0.2, 0) is 23.9 Å². The number of carbonyl (C=O) groups is 4. The van der Waals surface area contributed by atoms with E-state index in [1.54, 1.807) is 13.8 Å². The summed E-state index contributed by atoms with van der Waals surface area (Å²) in [5.41, 5.74) is 1.74. The largest absolute Gasteiger partial charge is 0.481 e. The molecule has 4 rings (SSSR count). The Morgan fingerprint density at radius 1 is 0.905 bits per heavy atom. The smallest absolute Gasteiger partial charge is 0.317 e. The maximum atomic E-state index is 13.1. The van der Waals surface area contributed by atoms with Crippen LogP contribution in [0.25, 0.3) is 0 Å². The Morgan fingerprint density at radius 2 is 1.55 bits per heavy atom. The lowest BCUT2D eigenvalue weighted by Crippen LogP contribution is -2.58. The second-order valence-electron chi connectivity index (χ2n) is 15.4. The molecule has 0 aromatic heterocycles. The van der Waals surface area contributed by atoms with Gasteiger partial charge in [-0.2, -0.15) is 0 Å². The number of hydrogen-bond acceptors (Lipinski definition) is 6. The van der Waals surface area contributed by atoms with Crippen molar-refractivity contribution in [2.75, 3.05) is 0 Å². The maximum Gasteiger partial charge on any atom is 0.317 e. The number of Topliss-reactive ketones (excluding diaryl/α,β-unsaturated/α-hetero) is 1. The topological polar surface area (TPSA) is 138 Å². The third-order valence-electron chi connectivity index (χ3n) is 13.3. The van der Waals surface area contributed by atoms with E-state index < -0.39 is 47.7 Å². The van der Waals surface area contributed by atoms with Crippen LogP contribution in [0.15, 0.2) is 11.1 Å². The summed E-state index contributed by atoms with van der Waals surface area (Å²) < 4.78 is 5.75. The van der Waals surface area contributed by atoms with Gasteiger partial charge in [0.05, 0.1) is 12.0 Å². The van der Waals surface area contributed by atoms with Crippen LogP contribution in [0.3, 0.4) is 0 Å². The summed E-state index contributed by atoms with van der Waals surface area (Å²) in [6.07, 6.45) is 4.58. The molecule has 4 aliphatic rings. The predicted molar refractivity (Wildman–Crippen MR) is 157 cm³/mol. The number of ketones is 1. The van der Waals surface area contributed by atoms with E-state index in [0.29, 0.717) is 19.3 Å². The molecule has 42 heavy (non-hydrogen) atoms. The quantitative estimate of drug-likeness (QED) is 0.168. The molecule has 8 heteroatoms. The molecule has 4 aliphatic carbocycles. The van der Waals surface area contributed by atoms with Gasteiger partial charge in [-0.1, -0.05) is 66.5 Å². The van der Waals surface area contributed by atoms with Crippen LogP contribution in [0.4, 0.5) is 0 Å². The van der Waals surface area contributed by atoms with E-state index in [1.165, 1.54) is 11.1 Å². The summed E-state index contributed by atoms with van der Waals surface area (Å²) in [6, 6.07) is 0. The van der Waals surface area contributed by atoms with Crippen molar-refractivity contribution in [3.05, 3.63) is 11.1 Å². The van der Waals surface area contributed by atoms with Gasteiger partial charge in [0.2, 0.25) is 0 Å². The molecule has 0 amide bonds. The van der Waals surface area contributed by atoms with Crippen molar-refractivity contribution in [2.45, 2.75) is 125 Å². The number of allylic oxidation sites excluding steroid dienone is 1. The number of aliphatic hydroxyl groups is 1. The van der Waals surface area contributed by atoms with Crippen LogP contribution >= 0.6 is 0 Å². The Balaban J connectivity index is 1.61. The molecule has 3 N–H and O–H groups in total. The molecular formula is C34H52O8. The summed E-state index contributed by atoms with van der Waals surface area (Å²) in [7, 11) is 0. The highest BCUT2D eigenvalue weighted by molar-refractivity contribution is 5.90. The number of esters is 1. The second-order valence-corrected chi connectivity index (χ2v) is 15.4. The lowest BCUT2D eigenvalue weighted by atomic mass is 9.42. The van der Waals surface area contributed by atoms with E-state index in [0.717, 1.165) is 32.1 Å². The van der Waals surface area contributed by atoms with Gasteiger partial charge in [-0.05, 0) is 73.5 Å². The predicted octanol–water partition coefficient (Wildman–Crippen LogP) is 6.05. The van der Waals surface area contributed by atoms with Crippen LogP contribution in [0, 0.1) is 51.2 Å². The van der Waals surface area contributed by atoms with Crippen molar-refractivity contribution in [3.8, 4) is 0 Å². The van der Waals surface area contributed by atoms with Crippen molar-refractivity contribution >= 4 is 23.7 Å². The number of ether oxygens (including phenoxy) is 1. The summed E-state index contributed by atoms with van der Waals surface area (Å²) in [4.78, 5) is 47.9. The molecule has 2 saturated carbocycles. The highest BCUT2D eigenvalue weighted by Crippen LogP contribution is 2.72. The molecule has 0 saturated heterocycles. The molecular weight excluding hydrogens is 536 g/mol. The zero-order chi connectivity index (χ0) is 31.6. The van der Waals surface area contributed by atoms with E-state index in [9.17, 15) is 29.4 Å². The molecule has 0 aromatic rings. The summed E-state index contributed by atoms with van der Waals surface area (Å²) in [5, 5.41) is 30.5. The van der Waals surface area contributed by atoms with Gasteiger partial charge in [-0.25, -0.2) is 0 Å². The number of fused-ring (bicyclic) bond motifs is 4. The molecule has 0 aromatic carbocycles. The molecule has 8 nitrogen and oxygen atoms in total. The van der Waals surface area contributed by atoms with Crippen LogP contribution in [0.5, 0.6) is 0 Å². The van der Waals surface area contributed by atoms with Gasteiger partial charge in [-0.3, -0.25) is 19.2 Å². The van der Waals surface area contributed by atoms with Crippen LogP contribution in [0.1, 0.15) is 113 Å². The molecule has 10 atom stereocenters. The number of carboxylic acids is 2. The first-order valence-electron chi connectivity index (χ1n) is 15.9. The maximum absolute atomic E-state index is 13.1. The van der Waals surface area contributed by atoms with Crippen LogP contribution < -0.4 is 0 Å². The van der Waals surface area contributed by atoms with Gasteiger partial charge in [0, 0.05) is 23.2 Å². The Kier molecular flexibility index (Phi) is 8.60. The standard InChI is InChI=1S/C34H52O8/c1-18(15-24(35)19(2)20(3)30(40)41)21-11-14-33(7)22-9-10-25-31(4,5)27(42-29(39)17-28(37)38)12-13-32(25,6)23(22)16-26(36)34(21,33)8/h18-21,25-27,36H,9-17H2,1-8H3,(H,37,38)(H,40,41)/t18-,19-,20-,21-,25+,26-,27-,32-,33+,34+/m1/s1. The number of aliphatic hydroxyl groups excluding tert-OH is 1. The van der Waals surface area contributed by atoms with Crippen LogP contribution in [-0.4, -0.2) is 51.2 Å². The molecule has 0 unspecified atom stereocenters. The number of carboxylic acid groups (broad SMARTS) is 2. The van der Waals surface area contributed by atoms with Crippen molar-refractivity contribution in [2.24, 2.45) is 51.2 Å². The molecule has 2 fully saturated rings. The number of carbonyl (C=O) groups excluding carboxylic acids is 2. The van der Waals surface area contributed by atoms with Crippen LogP contribution in [0.2, 0.25) is 0 Å². The minimum Gasteiger partial charge on any atom is -0.481 e. The highest BCUT2D eigenvalue weighted by atomic mass is 16.5. The van der Waals surface area contributed by atoms with Gasteiger partial charge < -0.3 is 20.1 Å². The van der Waals surface area contributed by atoms with Crippen molar-refractivity contribution < 1.29 is 39.2 Å². The molecule has 0 heterocycles. The zero-order valence-electron chi connectivity index (χ0n) is 26.8. The van der Waals surface area contributed by atoms with Gasteiger partial charge in [0.25, 0.3) is 0 Å². The van der Waals surface area contributed by atoms with Gasteiger partial charge in [0.1, 0.15) is 18.3 Å². The average Bonchev–Trinajstić information content (AvgIpc) is 3.17. The Bertz CT molecular complexity index is 1170. The van der Waals surface area contributed by atoms with E-state index in [4.69, 9.17) is 9.84 Å². The minimum absolute atomic E-state index is 0.0177. The minimum atomic E-state index is -1.18. The summed E-state index contributed by atoms with van der Waals surface area (Å²) in [5.74, 6) is -3.70. The monoisotopic (exact) mass is 588 g/mol. The van der Waals surface area contributed by atoms with E-state index in [1.807, 2.05) is 0 Å². The number of hydrogen-bond donors (Lipinski definition) is 3. The number of aliphatic carboxylic acids is 2. The fourth-order valence-corrected chi connectivity index (χ4v) is 10.3. The zero-order valence-corrected chi connectivity index (χ0v) is 26.8. The van der Waals surface area contributed by atoms with Crippen molar-refractivity contribution in [3.63, 3.8) is 0 Å². The molecule has 236 valence electrons. The van der Waals surface area contributed by atoms with E-state index in [-0.39, 0.29) is 45.9 Å². The Morgan fingerprint density at radius 3 is 2.14 bits per heavy atom. The normalized spacial score (nSPS) is 39.3. The first kappa shape index (κ1) is 32.7. The third-order valence-corrected chi connectivity index (χ3v) is 13.3.